The molecule has 1 N–H and O–H groups in total. The van der Waals surface area contributed by atoms with Crippen LogP contribution in [-0.4, -0.2) is 12.0 Å². The van der Waals surface area contributed by atoms with E-state index in [1.807, 2.05) is 0 Å². The van der Waals surface area contributed by atoms with Crippen molar-refractivity contribution in [1.82, 2.24) is 0 Å². The fraction of sp³-hybridized carbons (Fsp3) is 0.143. The third-order valence-corrected chi connectivity index (χ3v) is 2.86. The van der Waals surface area contributed by atoms with E-state index in [9.17, 15) is 18.9 Å². The Hall–Kier alpha value is -2.70. The molecule has 7 heteroatoms. The molecule has 0 aliphatic heterocycles. The van der Waals surface area contributed by atoms with Crippen LogP contribution in [0.5, 0.6) is 5.75 Å². The summed E-state index contributed by atoms with van der Waals surface area (Å²) in [5.41, 5.74) is 0.826. The first-order chi connectivity index (χ1) is 10.0. The SMILES string of the molecule is COc1ccc(NCc2ccc(F)c(F)c2)cc1[N+](=O)[O-]. The van der Waals surface area contributed by atoms with Crippen LogP contribution in [0.2, 0.25) is 0 Å². The zero-order chi connectivity index (χ0) is 15.4. The zero-order valence-corrected chi connectivity index (χ0v) is 11.1. The lowest BCUT2D eigenvalue weighted by Gasteiger charge is -2.08. The van der Waals surface area contributed by atoms with Crippen LogP contribution in [0.25, 0.3) is 0 Å². The molecular formula is C14H12F2N2O3. The van der Waals surface area contributed by atoms with Crippen LogP contribution in [-0.2, 0) is 6.54 Å². The van der Waals surface area contributed by atoms with Gasteiger partial charge in [-0.15, -0.1) is 0 Å². The van der Waals surface area contributed by atoms with Crippen molar-refractivity contribution in [3.05, 3.63) is 63.7 Å². The number of rotatable bonds is 5. The number of nitro groups is 1. The number of hydrogen-bond acceptors (Lipinski definition) is 4. The minimum absolute atomic E-state index is 0.151. The highest BCUT2D eigenvalue weighted by molar-refractivity contribution is 5.58. The Bertz CT molecular complexity index is 677. The smallest absolute Gasteiger partial charge is 0.312 e. The maximum atomic E-state index is 13.1. The van der Waals surface area contributed by atoms with E-state index >= 15 is 0 Å². The molecule has 0 aliphatic rings. The number of halogens is 2. The van der Waals surface area contributed by atoms with E-state index in [2.05, 4.69) is 5.32 Å². The van der Waals surface area contributed by atoms with Crippen LogP contribution in [0.15, 0.2) is 36.4 Å². The van der Waals surface area contributed by atoms with Gasteiger partial charge in [0.05, 0.1) is 12.0 Å². The fourth-order valence-electron chi connectivity index (χ4n) is 1.80. The van der Waals surface area contributed by atoms with Crippen molar-refractivity contribution in [3.8, 4) is 5.75 Å². The van der Waals surface area contributed by atoms with Gasteiger partial charge in [0.2, 0.25) is 0 Å². The molecule has 110 valence electrons. The molecular weight excluding hydrogens is 282 g/mol. The molecule has 0 radical (unpaired) electrons. The highest BCUT2D eigenvalue weighted by atomic mass is 19.2. The molecule has 2 rings (SSSR count). The lowest BCUT2D eigenvalue weighted by molar-refractivity contribution is -0.385. The van der Waals surface area contributed by atoms with E-state index in [4.69, 9.17) is 4.74 Å². The second-order valence-corrected chi connectivity index (χ2v) is 4.25. The molecule has 2 aromatic carbocycles. The van der Waals surface area contributed by atoms with Gasteiger partial charge in [-0.05, 0) is 29.8 Å². The van der Waals surface area contributed by atoms with Crippen molar-refractivity contribution in [2.75, 3.05) is 12.4 Å². The summed E-state index contributed by atoms with van der Waals surface area (Å²) < 4.78 is 30.8. The van der Waals surface area contributed by atoms with Crippen LogP contribution >= 0.6 is 0 Å². The summed E-state index contributed by atoms with van der Waals surface area (Å²) in [6.45, 7) is 0.209. The van der Waals surface area contributed by atoms with Gasteiger partial charge in [0.1, 0.15) is 0 Å². The number of ether oxygens (including phenoxy) is 1. The first-order valence-corrected chi connectivity index (χ1v) is 6.01. The Labute approximate surface area is 119 Å². The predicted octanol–water partition coefficient (Wildman–Crippen LogP) is 3.49. The molecule has 0 unspecified atom stereocenters. The van der Waals surface area contributed by atoms with Crippen LogP contribution in [0.1, 0.15) is 5.56 Å². The van der Waals surface area contributed by atoms with Crippen molar-refractivity contribution < 1.29 is 18.4 Å². The number of benzene rings is 2. The summed E-state index contributed by atoms with van der Waals surface area (Å²) in [7, 11) is 1.34. The average Bonchev–Trinajstić information content (AvgIpc) is 2.48. The van der Waals surface area contributed by atoms with E-state index in [1.54, 1.807) is 6.07 Å². The van der Waals surface area contributed by atoms with Gasteiger partial charge >= 0.3 is 5.69 Å². The van der Waals surface area contributed by atoms with Crippen molar-refractivity contribution in [1.29, 1.82) is 0 Å². The number of methoxy groups -OCH3 is 1. The molecule has 0 aromatic heterocycles. The molecule has 0 amide bonds. The second-order valence-electron chi connectivity index (χ2n) is 4.25. The number of nitrogens with one attached hydrogen (secondary N) is 1. The summed E-state index contributed by atoms with van der Waals surface area (Å²) in [6.07, 6.45) is 0. The minimum atomic E-state index is -0.935. The Morgan fingerprint density at radius 3 is 2.57 bits per heavy atom. The van der Waals surface area contributed by atoms with Gasteiger partial charge < -0.3 is 10.1 Å². The van der Waals surface area contributed by atoms with Crippen LogP contribution < -0.4 is 10.1 Å². The van der Waals surface area contributed by atoms with Gasteiger partial charge in [0.25, 0.3) is 0 Å². The van der Waals surface area contributed by atoms with E-state index in [0.717, 1.165) is 12.1 Å². The highest BCUT2D eigenvalue weighted by Crippen LogP contribution is 2.29. The summed E-state index contributed by atoms with van der Waals surface area (Å²) in [4.78, 5) is 10.3. The van der Waals surface area contributed by atoms with Gasteiger partial charge in [0.15, 0.2) is 17.4 Å². The van der Waals surface area contributed by atoms with Gasteiger partial charge in [-0.2, -0.15) is 0 Å². The average molecular weight is 294 g/mol. The lowest BCUT2D eigenvalue weighted by atomic mass is 10.2. The first kappa shape index (κ1) is 14.7. The minimum Gasteiger partial charge on any atom is -0.490 e. The molecule has 0 fully saturated rings. The maximum Gasteiger partial charge on any atom is 0.312 e. The van der Waals surface area contributed by atoms with E-state index < -0.39 is 16.6 Å². The van der Waals surface area contributed by atoms with E-state index in [0.29, 0.717) is 11.3 Å². The number of nitrogens with zero attached hydrogens (tertiary/aromatic N) is 1. The molecule has 21 heavy (non-hydrogen) atoms. The molecule has 2 aromatic rings. The normalized spacial score (nSPS) is 10.2. The third-order valence-electron chi connectivity index (χ3n) is 2.86. The molecule has 0 aliphatic carbocycles. The fourth-order valence-corrected chi connectivity index (χ4v) is 1.80. The molecule has 0 heterocycles. The quantitative estimate of drug-likeness (QED) is 0.677. The maximum absolute atomic E-state index is 13.1. The number of hydrogen-bond donors (Lipinski definition) is 1. The Balaban J connectivity index is 2.14. The molecule has 0 bridgehead atoms. The predicted molar refractivity (Wildman–Crippen MR) is 73.3 cm³/mol. The number of nitro benzene ring substituents is 1. The largest absolute Gasteiger partial charge is 0.490 e. The van der Waals surface area contributed by atoms with Gasteiger partial charge in [-0.25, -0.2) is 8.78 Å². The molecule has 0 spiro atoms. The monoisotopic (exact) mass is 294 g/mol. The van der Waals surface area contributed by atoms with Gasteiger partial charge in [-0.3, -0.25) is 10.1 Å². The van der Waals surface area contributed by atoms with E-state index in [1.165, 1.54) is 25.3 Å². The number of anilines is 1. The van der Waals surface area contributed by atoms with Gasteiger partial charge in [0, 0.05) is 18.3 Å². The van der Waals surface area contributed by atoms with Crippen LogP contribution in [0.4, 0.5) is 20.2 Å². The van der Waals surface area contributed by atoms with E-state index in [-0.39, 0.29) is 18.0 Å². The topological polar surface area (TPSA) is 64.4 Å². The van der Waals surface area contributed by atoms with Crippen molar-refractivity contribution >= 4 is 11.4 Å². The Morgan fingerprint density at radius 2 is 1.95 bits per heavy atom. The summed E-state index contributed by atoms with van der Waals surface area (Å²) >= 11 is 0. The van der Waals surface area contributed by atoms with Crippen molar-refractivity contribution in [2.24, 2.45) is 0 Å². The molecule has 5 nitrogen and oxygen atoms in total. The summed E-state index contributed by atoms with van der Waals surface area (Å²) in [5.74, 6) is -1.70. The zero-order valence-electron chi connectivity index (χ0n) is 11.1. The molecule has 0 saturated carbocycles. The highest BCUT2D eigenvalue weighted by Gasteiger charge is 2.15. The summed E-state index contributed by atoms with van der Waals surface area (Å²) in [5, 5.41) is 13.8. The van der Waals surface area contributed by atoms with Crippen LogP contribution in [0.3, 0.4) is 0 Å². The van der Waals surface area contributed by atoms with Crippen LogP contribution in [0, 0.1) is 21.7 Å². The Kier molecular flexibility index (Phi) is 4.32. The van der Waals surface area contributed by atoms with Gasteiger partial charge in [-0.1, -0.05) is 6.07 Å². The third kappa shape index (κ3) is 3.44. The standard InChI is InChI=1S/C14H12F2N2O3/c1-21-14-5-3-10(7-13(14)18(19)20)17-8-9-2-4-11(15)12(16)6-9/h2-7,17H,8H2,1H3. The lowest BCUT2D eigenvalue weighted by Crippen LogP contribution is -2.02. The van der Waals surface area contributed by atoms with Crippen molar-refractivity contribution in [3.63, 3.8) is 0 Å². The summed E-state index contributed by atoms with van der Waals surface area (Å²) in [6, 6.07) is 7.92. The Morgan fingerprint density at radius 1 is 1.19 bits per heavy atom. The second kappa shape index (κ2) is 6.17. The molecule has 0 saturated heterocycles. The molecule has 0 atom stereocenters. The van der Waals surface area contributed by atoms with Crippen molar-refractivity contribution in [2.45, 2.75) is 6.54 Å². The first-order valence-electron chi connectivity index (χ1n) is 6.01.